The van der Waals surface area contributed by atoms with Gasteiger partial charge in [-0.05, 0) is 11.7 Å². The molecule has 0 bridgehead atoms. The maximum Gasteiger partial charge on any atom is 0.255 e. The second-order valence-corrected chi connectivity index (χ2v) is 4.68. The molecule has 0 atom stereocenters. The summed E-state index contributed by atoms with van der Waals surface area (Å²) in [4.78, 5) is 18.4. The highest BCUT2D eigenvalue weighted by molar-refractivity contribution is 7.98. The van der Waals surface area contributed by atoms with Crippen molar-refractivity contribution in [1.29, 1.82) is 0 Å². The van der Waals surface area contributed by atoms with Crippen molar-refractivity contribution >= 4 is 11.8 Å². The molecule has 13 heavy (non-hydrogen) atoms. The van der Waals surface area contributed by atoms with E-state index in [0.29, 0.717) is 5.16 Å². The maximum atomic E-state index is 11.5. The van der Waals surface area contributed by atoms with Gasteiger partial charge in [-0.2, -0.15) is 0 Å². The van der Waals surface area contributed by atoms with Gasteiger partial charge in [0.05, 0.1) is 0 Å². The zero-order valence-electron chi connectivity index (χ0n) is 8.34. The summed E-state index contributed by atoms with van der Waals surface area (Å²) in [5.74, 6) is 0. The first-order chi connectivity index (χ1) is 5.95. The van der Waals surface area contributed by atoms with Crippen molar-refractivity contribution in [3.63, 3.8) is 0 Å². The third kappa shape index (κ3) is 2.34. The van der Waals surface area contributed by atoms with E-state index in [0.717, 1.165) is 5.56 Å². The van der Waals surface area contributed by atoms with E-state index in [1.54, 1.807) is 6.20 Å². The molecule has 72 valence electrons. The molecule has 1 aromatic heterocycles. The quantitative estimate of drug-likeness (QED) is 0.552. The third-order valence-electron chi connectivity index (χ3n) is 1.78. The number of hydrogen-bond acceptors (Lipinski definition) is 3. The lowest BCUT2D eigenvalue weighted by atomic mass is 9.89. The fourth-order valence-corrected chi connectivity index (χ4v) is 1.37. The van der Waals surface area contributed by atoms with Gasteiger partial charge in [0.2, 0.25) is 0 Å². The van der Waals surface area contributed by atoms with E-state index in [9.17, 15) is 4.79 Å². The number of nitrogens with zero attached hydrogens (tertiary/aromatic N) is 1. The van der Waals surface area contributed by atoms with Crippen LogP contribution in [-0.4, -0.2) is 16.2 Å². The van der Waals surface area contributed by atoms with Crippen LogP contribution in [0.5, 0.6) is 0 Å². The molecule has 0 aromatic carbocycles. The Morgan fingerprint density at radius 2 is 2.08 bits per heavy atom. The van der Waals surface area contributed by atoms with E-state index in [1.807, 2.05) is 27.0 Å². The van der Waals surface area contributed by atoms with Gasteiger partial charge in [0.15, 0.2) is 5.16 Å². The standard InChI is InChI=1S/C9H14N2OS/c1-9(2,3)6-5-10-8(13-4)11-7(6)12/h5H,1-4H3,(H,10,11,12). The Kier molecular flexibility index (Phi) is 2.81. The minimum absolute atomic E-state index is 0.0353. The van der Waals surface area contributed by atoms with Crippen molar-refractivity contribution < 1.29 is 0 Å². The fourth-order valence-electron chi connectivity index (χ4n) is 1.02. The number of H-pyrrole nitrogens is 1. The van der Waals surface area contributed by atoms with Crippen molar-refractivity contribution in [2.75, 3.05) is 6.26 Å². The summed E-state index contributed by atoms with van der Waals surface area (Å²) in [6.45, 7) is 5.99. The topological polar surface area (TPSA) is 45.8 Å². The molecule has 3 nitrogen and oxygen atoms in total. The molecule has 0 radical (unpaired) electrons. The van der Waals surface area contributed by atoms with Crippen LogP contribution in [0, 0.1) is 0 Å². The molecule has 0 fully saturated rings. The predicted molar refractivity (Wildman–Crippen MR) is 55.3 cm³/mol. The van der Waals surface area contributed by atoms with Gasteiger partial charge in [0, 0.05) is 11.8 Å². The molecule has 0 saturated carbocycles. The Balaban J connectivity index is 3.21. The van der Waals surface area contributed by atoms with Gasteiger partial charge < -0.3 is 4.98 Å². The number of nitrogens with one attached hydrogen (secondary N) is 1. The Hall–Kier alpha value is -0.770. The number of thioether (sulfide) groups is 1. The lowest BCUT2D eigenvalue weighted by Crippen LogP contribution is -2.25. The Bertz CT molecular complexity index is 351. The molecule has 0 amide bonds. The van der Waals surface area contributed by atoms with Crippen molar-refractivity contribution in [3.05, 3.63) is 22.1 Å². The van der Waals surface area contributed by atoms with Gasteiger partial charge in [0.1, 0.15) is 0 Å². The molecule has 0 aliphatic heterocycles. The van der Waals surface area contributed by atoms with E-state index in [1.165, 1.54) is 11.8 Å². The molecule has 4 heteroatoms. The highest BCUT2D eigenvalue weighted by Crippen LogP contribution is 2.17. The van der Waals surface area contributed by atoms with E-state index in [4.69, 9.17) is 0 Å². The molecule has 0 unspecified atom stereocenters. The van der Waals surface area contributed by atoms with Crippen LogP contribution < -0.4 is 5.56 Å². The van der Waals surface area contributed by atoms with Crippen LogP contribution in [0.25, 0.3) is 0 Å². The zero-order valence-corrected chi connectivity index (χ0v) is 9.16. The molecule has 1 aromatic rings. The van der Waals surface area contributed by atoms with E-state index >= 15 is 0 Å². The number of aromatic amines is 1. The largest absolute Gasteiger partial charge is 0.301 e. The Morgan fingerprint density at radius 3 is 2.46 bits per heavy atom. The average molecular weight is 198 g/mol. The second kappa shape index (κ2) is 3.54. The van der Waals surface area contributed by atoms with Crippen molar-refractivity contribution in [2.24, 2.45) is 0 Å². The average Bonchev–Trinajstić information content (AvgIpc) is 2.01. The van der Waals surface area contributed by atoms with Gasteiger partial charge in [0.25, 0.3) is 5.56 Å². The number of aromatic nitrogens is 2. The second-order valence-electron chi connectivity index (χ2n) is 3.89. The molecule has 1 N–H and O–H groups in total. The van der Waals surface area contributed by atoms with Crippen LogP contribution in [0.15, 0.2) is 16.1 Å². The van der Waals surface area contributed by atoms with Gasteiger partial charge in [-0.25, -0.2) is 4.98 Å². The number of rotatable bonds is 1. The predicted octanol–water partition coefficient (Wildman–Crippen LogP) is 1.79. The van der Waals surface area contributed by atoms with Gasteiger partial charge >= 0.3 is 0 Å². The van der Waals surface area contributed by atoms with Crippen LogP contribution in [0.2, 0.25) is 0 Å². The molecule has 1 rings (SSSR count). The highest BCUT2D eigenvalue weighted by Gasteiger charge is 2.17. The van der Waals surface area contributed by atoms with E-state index in [-0.39, 0.29) is 11.0 Å². The molecular formula is C9H14N2OS. The summed E-state index contributed by atoms with van der Waals surface area (Å²) < 4.78 is 0. The zero-order chi connectivity index (χ0) is 10.1. The summed E-state index contributed by atoms with van der Waals surface area (Å²) in [6.07, 6.45) is 3.54. The first-order valence-electron chi connectivity index (χ1n) is 4.09. The van der Waals surface area contributed by atoms with Crippen LogP contribution in [0.1, 0.15) is 26.3 Å². The molecule has 1 heterocycles. The van der Waals surface area contributed by atoms with Gasteiger partial charge in [-0.3, -0.25) is 4.79 Å². The van der Waals surface area contributed by atoms with E-state index < -0.39 is 0 Å². The molecule has 0 saturated heterocycles. The summed E-state index contributed by atoms with van der Waals surface area (Å²) >= 11 is 1.44. The van der Waals surface area contributed by atoms with Crippen LogP contribution >= 0.6 is 11.8 Å². The smallest absolute Gasteiger partial charge is 0.255 e. The third-order valence-corrected chi connectivity index (χ3v) is 2.37. The molecule has 0 aliphatic carbocycles. The summed E-state index contributed by atoms with van der Waals surface area (Å²) in [7, 11) is 0. The van der Waals surface area contributed by atoms with Crippen LogP contribution in [0.3, 0.4) is 0 Å². The molecular weight excluding hydrogens is 184 g/mol. The van der Waals surface area contributed by atoms with Gasteiger partial charge in [-0.1, -0.05) is 32.5 Å². The van der Waals surface area contributed by atoms with Crippen molar-refractivity contribution in [1.82, 2.24) is 9.97 Å². The Labute approximate surface area is 82.0 Å². The normalized spacial score (nSPS) is 11.7. The number of hydrogen-bond donors (Lipinski definition) is 1. The first-order valence-corrected chi connectivity index (χ1v) is 5.31. The summed E-state index contributed by atoms with van der Waals surface area (Å²) in [6, 6.07) is 0. The van der Waals surface area contributed by atoms with Gasteiger partial charge in [-0.15, -0.1) is 0 Å². The Morgan fingerprint density at radius 1 is 1.46 bits per heavy atom. The lowest BCUT2D eigenvalue weighted by Gasteiger charge is -2.16. The SMILES string of the molecule is CSc1ncc(C(C)(C)C)c(=O)[nH]1. The van der Waals surface area contributed by atoms with Crippen LogP contribution in [-0.2, 0) is 5.41 Å². The fraction of sp³-hybridized carbons (Fsp3) is 0.556. The molecule has 0 aliphatic rings. The summed E-state index contributed by atoms with van der Waals surface area (Å²) in [5.41, 5.74) is 0.550. The highest BCUT2D eigenvalue weighted by atomic mass is 32.2. The maximum absolute atomic E-state index is 11.5. The minimum atomic E-state index is -0.141. The van der Waals surface area contributed by atoms with Crippen molar-refractivity contribution in [2.45, 2.75) is 31.3 Å². The lowest BCUT2D eigenvalue weighted by molar-refractivity contribution is 0.573. The van der Waals surface area contributed by atoms with Crippen molar-refractivity contribution in [3.8, 4) is 0 Å². The van der Waals surface area contributed by atoms with Crippen LogP contribution in [0.4, 0.5) is 0 Å². The monoisotopic (exact) mass is 198 g/mol. The van der Waals surface area contributed by atoms with E-state index in [2.05, 4.69) is 9.97 Å². The first kappa shape index (κ1) is 10.3. The summed E-state index contributed by atoms with van der Waals surface area (Å²) in [5, 5.41) is 0.665. The molecule has 0 spiro atoms. The minimum Gasteiger partial charge on any atom is -0.301 e.